The number of rotatable bonds is 2. The van der Waals surface area contributed by atoms with Crippen LogP contribution in [0.4, 0.5) is 0 Å². The topological polar surface area (TPSA) is 0 Å². The van der Waals surface area contributed by atoms with Crippen molar-refractivity contribution in [3.63, 3.8) is 0 Å². The summed E-state index contributed by atoms with van der Waals surface area (Å²) in [5.74, 6) is 0.804. The van der Waals surface area contributed by atoms with E-state index in [1.165, 1.54) is 30.6 Å². The van der Waals surface area contributed by atoms with Gasteiger partial charge >= 0.3 is 0 Å². The first-order valence-corrected chi connectivity index (χ1v) is 5.77. The highest BCUT2D eigenvalue weighted by molar-refractivity contribution is 14.1. The van der Waals surface area contributed by atoms with E-state index in [0.717, 1.165) is 10.3 Å². The third kappa shape index (κ3) is 2.46. The van der Waals surface area contributed by atoms with Crippen molar-refractivity contribution in [1.82, 2.24) is 0 Å². The lowest BCUT2D eigenvalue weighted by Gasteiger charge is -2.06. The van der Waals surface area contributed by atoms with E-state index >= 15 is 0 Å². The van der Waals surface area contributed by atoms with Gasteiger partial charge in [0.1, 0.15) is 0 Å². The van der Waals surface area contributed by atoms with Crippen LogP contribution in [-0.2, 0) is 0 Å². The van der Waals surface area contributed by atoms with E-state index in [9.17, 15) is 0 Å². The summed E-state index contributed by atoms with van der Waals surface area (Å²) in [4.78, 5) is 1.33. The van der Waals surface area contributed by atoms with Crippen molar-refractivity contribution in [3.05, 3.63) is 11.0 Å². The molecule has 0 aromatic carbocycles. The molecule has 0 nitrogen and oxygen atoms in total. The predicted octanol–water partition coefficient (Wildman–Crippen LogP) is 3.43. The second kappa shape index (κ2) is 4.65. The quantitative estimate of drug-likeness (QED) is 0.443. The van der Waals surface area contributed by atoms with Crippen LogP contribution in [0.15, 0.2) is 11.0 Å². The Morgan fingerprint density at radius 2 is 2.10 bits per heavy atom. The normalized spacial score (nSPS) is 22.0. The molecule has 0 saturated heterocycles. The summed E-state index contributed by atoms with van der Waals surface area (Å²) in [6.07, 6.45) is 7.78. The van der Waals surface area contributed by atoms with Crippen molar-refractivity contribution < 1.29 is 0 Å². The van der Waals surface area contributed by atoms with Crippen LogP contribution in [0.3, 0.4) is 0 Å². The number of alkyl halides is 1. The number of hydrogen-bond donors (Lipinski definition) is 1. The summed E-state index contributed by atoms with van der Waals surface area (Å²) in [5, 5.41) is 0. The maximum absolute atomic E-state index is 4.46. The SMILES string of the molecule is S/C(=C/CI)C1CCCC1. The van der Waals surface area contributed by atoms with E-state index < -0.39 is 0 Å². The highest BCUT2D eigenvalue weighted by Gasteiger charge is 2.16. The Kier molecular flexibility index (Phi) is 4.14. The van der Waals surface area contributed by atoms with Crippen molar-refractivity contribution in [2.75, 3.05) is 4.43 Å². The van der Waals surface area contributed by atoms with E-state index in [4.69, 9.17) is 0 Å². The maximum Gasteiger partial charge on any atom is 0.0186 e. The third-order valence-corrected chi connectivity index (χ3v) is 3.05. The average Bonchev–Trinajstić information content (AvgIpc) is 2.38. The molecule has 10 heavy (non-hydrogen) atoms. The second-order valence-electron chi connectivity index (χ2n) is 2.76. The van der Waals surface area contributed by atoms with Crippen molar-refractivity contribution >= 4 is 35.2 Å². The smallest absolute Gasteiger partial charge is 0.0186 e. The molecule has 1 rings (SSSR count). The monoisotopic (exact) mass is 268 g/mol. The van der Waals surface area contributed by atoms with Crippen molar-refractivity contribution in [2.24, 2.45) is 5.92 Å². The van der Waals surface area contributed by atoms with Gasteiger partial charge in [0, 0.05) is 4.43 Å². The van der Waals surface area contributed by atoms with Gasteiger partial charge in [-0.1, -0.05) is 41.5 Å². The highest BCUT2D eigenvalue weighted by Crippen LogP contribution is 2.32. The van der Waals surface area contributed by atoms with Gasteiger partial charge in [-0.2, -0.15) is 0 Å². The summed E-state index contributed by atoms with van der Waals surface area (Å²) in [6, 6.07) is 0. The number of halogens is 1. The van der Waals surface area contributed by atoms with Gasteiger partial charge in [-0.05, 0) is 23.7 Å². The van der Waals surface area contributed by atoms with Gasteiger partial charge in [-0.25, -0.2) is 0 Å². The molecular weight excluding hydrogens is 255 g/mol. The average molecular weight is 268 g/mol. The van der Waals surface area contributed by atoms with E-state index in [0.29, 0.717) is 0 Å². The molecule has 0 amide bonds. The lowest BCUT2D eigenvalue weighted by Crippen LogP contribution is -1.92. The molecule has 1 fully saturated rings. The molecule has 0 radical (unpaired) electrons. The van der Waals surface area contributed by atoms with Crippen LogP contribution in [0.1, 0.15) is 25.7 Å². The van der Waals surface area contributed by atoms with E-state index in [-0.39, 0.29) is 0 Å². The molecule has 0 aliphatic heterocycles. The zero-order chi connectivity index (χ0) is 7.40. The van der Waals surface area contributed by atoms with Gasteiger partial charge in [0.05, 0.1) is 0 Å². The second-order valence-corrected chi connectivity index (χ2v) is 4.16. The molecule has 0 unspecified atom stereocenters. The van der Waals surface area contributed by atoms with Crippen LogP contribution in [-0.4, -0.2) is 4.43 Å². The first-order chi connectivity index (χ1) is 4.84. The first kappa shape index (κ1) is 8.91. The number of hydrogen-bond acceptors (Lipinski definition) is 1. The van der Waals surface area contributed by atoms with Crippen LogP contribution < -0.4 is 0 Å². The Morgan fingerprint density at radius 1 is 1.50 bits per heavy atom. The molecule has 0 bridgehead atoms. The molecule has 1 aliphatic carbocycles. The van der Waals surface area contributed by atoms with Crippen LogP contribution in [0, 0.1) is 5.92 Å². The summed E-state index contributed by atoms with van der Waals surface area (Å²) in [5.41, 5.74) is 0. The molecule has 0 aromatic heterocycles. The Morgan fingerprint density at radius 3 is 2.60 bits per heavy atom. The minimum absolute atomic E-state index is 0.804. The highest BCUT2D eigenvalue weighted by atomic mass is 127. The van der Waals surface area contributed by atoms with Crippen LogP contribution in [0.5, 0.6) is 0 Å². The summed E-state index contributed by atoms with van der Waals surface area (Å²) >= 11 is 6.83. The van der Waals surface area contributed by atoms with Crippen LogP contribution in [0.2, 0.25) is 0 Å². The molecule has 58 valence electrons. The molecule has 0 atom stereocenters. The molecule has 0 aromatic rings. The van der Waals surface area contributed by atoms with Crippen molar-refractivity contribution in [3.8, 4) is 0 Å². The predicted molar refractivity (Wildman–Crippen MR) is 57.9 cm³/mol. The fourth-order valence-electron chi connectivity index (χ4n) is 1.47. The molecule has 0 heterocycles. The van der Waals surface area contributed by atoms with Gasteiger partial charge < -0.3 is 0 Å². The molecule has 0 spiro atoms. The van der Waals surface area contributed by atoms with Crippen LogP contribution in [0.25, 0.3) is 0 Å². The lowest BCUT2D eigenvalue weighted by atomic mass is 10.1. The minimum atomic E-state index is 0.804. The first-order valence-electron chi connectivity index (χ1n) is 3.79. The van der Waals surface area contributed by atoms with Crippen molar-refractivity contribution in [1.29, 1.82) is 0 Å². The van der Waals surface area contributed by atoms with Gasteiger partial charge in [0.2, 0.25) is 0 Å². The standard InChI is InChI=1S/C8H13IS/c9-6-5-8(10)7-3-1-2-4-7/h5,7,10H,1-4,6H2/b8-5+. The molecular formula is C8H13IS. The summed E-state index contributed by atoms with van der Waals surface area (Å²) in [7, 11) is 0. The fraction of sp³-hybridized carbons (Fsp3) is 0.750. The largest absolute Gasteiger partial charge is 0.148 e. The molecule has 1 saturated carbocycles. The van der Waals surface area contributed by atoms with E-state index in [1.54, 1.807) is 0 Å². The zero-order valence-corrected chi connectivity index (χ0v) is 9.07. The van der Waals surface area contributed by atoms with E-state index in [1.807, 2.05) is 0 Å². The molecule has 1 aliphatic rings. The van der Waals surface area contributed by atoms with Crippen LogP contribution >= 0.6 is 35.2 Å². The Bertz CT molecular complexity index is 125. The van der Waals surface area contributed by atoms with Gasteiger partial charge in [0.25, 0.3) is 0 Å². The Hall–Kier alpha value is 0.820. The third-order valence-electron chi connectivity index (χ3n) is 2.06. The van der Waals surface area contributed by atoms with Crippen molar-refractivity contribution in [2.45, 2.75) is 25.7 Å². The fourth-order valence-corrected chi connectivity index (χ4v) is 2.64. The maximum atomic E-state index is 4.46. The number of allylic oxidation sites excluding steroid dienone is 2. The Balaban J connectivity index is 2.39. The van der Waals surface area contributed by atoms with Gasteiger partial charge in [-0.3, -0.25) is 0 Å². The lowest BCUT2D eigenvalue weighted by molar-refractivity contribution is 0.675. The summed E-state index contributed by atoms with van der Waals surface area (Å²) in [6.45, 7) is 0. The van der Waals surface area contributed by atoms with Gasteiger partial charge in [-0.15, -0.1) is 12.6 Å². The van der Waals surface area contributed by atoms with Gasteiger partial charge in [0.15, 0.2) is 0 Å². The number of thiol groups is 1. The zero-order valence-electron chi connectivity index (χ0n) is 6.02. The Labute approximate surface area is 82.0 Å². The summed E-state index contributed by atoms with van der Waals surface area (Å²) < 4.78 is 1.10. The molecule has 2 heteroatoms. The minimum Gasteiger partial charge on any atom is -0.148 e. The van der Waals surface area contributed by atoms with E-state index in [2.05, 4.69) is 41.3 Å². The molecule has 0 N–H and O–H groups in total.